The normalized spacial score (nSPS) is 19.6. The molecule has 0 bridgehead atoms. The average molecular weight is 434 g/mol. The Hall–Kier alpha value is -3.23. The number of sulfonamides is 1. The van der Waals surface area contributed by atoms with Gasteiger partial charge in [0.25, 0.3) is 10.0 Å². The third-order valence-electron chi connectivity index (χ3n) is 5.79. The lowest BCUT2D eigenvalue weighted by molar-refractivity contribution is 0.468. The molecule has 2 aromatic heterocycles. The first kappa shape index (κ1) is 19.7. The second kappa shape index (κ2) is 7.79. The first-order valence-corrected chi connectivity index (χ1v) is 11.6. The van der Waals surface area contributed by atoms with Crippen molar-refractivity contribution >= 4 is 26.5 Å². The molecule has 0 aliphatic carbocycles. The van der Waals surface area contributed by atoms with Crippen LogP contribution < -0.4 is 5.32 Å². The molecule has 1 N–H and O–H groups in total. The van der Waals surface area contributed by atoms with Gasteiger partial charge in [-0.3, -0.25) is 4.98 Å². The lowest BCUT2D eigenvalue weighted by Gasteiger charge is -2.21. The van der Waals surface area contributed by atoms with Gasteiger partial charge in [-0.1, -0.05) is 36.4 Å². The van der Waals surface area contributed by atoms with Crippen molar-refractivity contribution in [1.29, 1.82) is 0 Å². The highest BCUT2D eigenvalue weighted by Gasteiger charge is 2.40. The Morgan fingerprint density at radius 3 is 2.65 bits per heavy atom. The van der Waals surface area contributed by atoms with Crippen LogP contribution in [0.25, 0.3) is 10.8 Å². The number of imidazole rings is 1. The number of hydrogen-bond donors (Lipinski definition) is 1. The standard InChI is InChI=1S/C23H23N5O2S/c1-27-15-23(25-16-27)31(29,30)28-13-21(18-5-3-2-4-6-18)22(14-28)26-20-8-7-17-9-10-24-12-19(17)11-20/h2-12,15-16,21-22,26H,13-14H2,1H3. The summed E-state index contributed by atoms with van der Waals surface area (Å²) >= 11 is 0. The predicted octanol–water partition coefficient (Wildman–Crippen LogP) is 3.24. The predicted molar refractivity (Wildman–Crippen MR) is 120 cm³/mol. The molecule has 7 nitrogen and oxygen atoms in total. The number of nitrogens with zero attached hydrogens (tertiary/aromatic N) is 4. The minimum atomic E-state index is -3.67. The number of rotatable bonds is 5. The van der Waals surface area contributed by atoms with E-state index in [0.29, 0.717) is 13.1 Å². The van der Waals surface area contributed by atoms with Gasteiger partial charge >= 0.3 is 0 Å². The molecule has 31 heavy (non-hydrogen) atoms. The van der Waals surface area contributed by atoms with Crippen LogP contribution in [0.4, 0.5) is 5.69 Å². The molecule has 8 heteroatoms. The van der Waals surface area contributed by atoms with E-state index in [4.69, 9.17) is 0 Å². The number of aromatic nitrogens is 3. The van der Waals surface area contributed by atoms with Crippen LogP contribution in [0.3, 0.4) is 0 Å². The van der Waals surface area contributed by atoms with Crippen LogP contribution in [-0.2, 0) is 17.1 Å². The topological polar surface area (TPSA) is 80.1 Å². The molecule has 3 heterocycles. The molecule has 1 saturated heterocycles. The van der Waals surface area contributed by atoms with Crippen LogP contribution in [-0.4, -0.2) is 46.4 Å². The van der Waals surface area contributed by atoms with E-state index in [9.17, 15) is 8.42 Å². The van der Waals surface area contributed by atoms with Crippen LogP contribution in [0.1, 0.15) is 11.5 Å². The quantitative estimate of drug-likeness (QED) is 0.523. The summed E-state index contributed by atoms with van der Waals surface area (Å²) in [6.45, 7) is 0.763. The second-order valence-corrected chi connectivity index (χ2v) is 9.79. The number of anilines is 1. The smallest absolute Gasteiger partial charge is 0.262 e. The summed E-state index contributed by atoms with van der Waals surface area (Å²) in [5, 5.41) is 5.82. The van der Waals surface area contributed by atoms with Crippen molar-refractivity contribution < 1.29 is 8.42 Å². The average Bonchev–Trinajstić information content (AvgIpc) is 3.42. The summed E-state index contributed by atoms with van der Waals surface area (Å²) in [6, 6.07) is 18.1. The van der Waals surface area contributed by atoms with Crippen LogP contribution in [0.2, 0.25) is 0 Å². The molecular formula is C23H23N5O2S. The Kier molecular flexibility index (Phi) is 4.95. The lowest BCUT2D eigenvalue weighted by atomic mass is 9.94. The molecular weight excluding hydrogens is 410 g/mol. The van der Waals surface area contributed by atoms with E-state index in [2.05, 4.69) is 33.5 Å². The minimum absolute atomic E-state index is 0.0179. The highest BCUT2D eigenvalue weighted by molar-refractivity contribution is 7.89. The summed E-state index contributed by atoms with van der Waals surface area (Å²) in [5.74, 6) is 0.0179. The summed E-state index contributed by atoms with van der Waals surface area (Å²) in [6.07, 6.45) is 6.67. The second-order valence-electron chi connectivity index (χ2n) is 7.91. The van der Waals surface area contributed by atoms with Crippen molar-refractivity contribution in [3.05, 3.63) is 85.1 Å². The first-order valence-electron chi connectivity index (χ1n) is 10.1. The zero-order chi connectivity index (χ0) is 21.4. The van der Waals surface area contributed by atoms with Crippen LogP contribution >= 0.6 is 0 Å². The molecule has 2 atom stereocenters. The fourth-order valence-corrected chi connectivity index (χ4v) is 5.65. The monoisotopic (exact) mass is 433 g/mol. The fraction of sp³-hybridized carbons (Fsp3) is 0.217. The first-order chi connectivity index (χ1) is 15.0. The molecule has 2 unspecified atom stereocenters. The van der Waals surface area contributed by atoms with Crippen molar-refractivity contribution in [1.82, 2.24) is 18.8 Å². The molecule has 4 aromatic rings. The van der Waals surface area contributed by atoms with E-state index < -0.39 is 10.0 Å². The van der Waals surface area contributed by atoms with Gasteiger partial charge in [0.2, 0.25) is 0 Å². The molecule has 0 spiro atoms. The van der Waals surface area contributed by atoms with Crippen LogP contribution in [0, 0.1) is 0 Å². The lowest BCUT2D eigenvalue weighted by Crippen LogP contribution is -2.32. The Bertz CT molecular complexity index is 1320. The van der Waals surface area contributed by atoms with E-state index >= 15 is 0 Å². The zero-order valence-electron chi connectivity index (χ0n) is 17.1. The molecule has 0 saturated carbocycles. The third kappa shape index (κ3) is 3.80. The number of pyridine rings is 1. The summed E-state index contributed by atoms with van der Waals surface area (Å²) < 4.78 is 29.6. The largest absolute Gasteiger partial charge is 0.380 e. The van der Waals surface area contributed by atoms with Crippen molar-refractivity contribution in [2.24, 2.45) is 7.05 Å². The molecule has 1 fully saturated rings. The molecule has 2 aromatic carbocycles. The van der Waals surface area contributed by atoms with Crippen molar-refractivity contribution in [2.45, 2.75) is 17.0 Å². The molecule has 1 aliphatic heterocycles. The maximum absolute atomic E-state index is 13.2. The zero-order valence-corrected chi connectivity index (χ0v) is 17.9. The Labute approximate surface area is 181 Å². The maximum Gasteiger partial charge on any atom is 0.262 e. The molecule has 0 radical (unpaired) electrons. The van der Waals surface area contributed by atoms with Crippen molar-refractivity contribution in [3.8, 4) is 0 Å². The number of aryl methyl sites for hydroxylation is 1. The van der Waals surface area contributed by atoms with Gasteiger partial charge < -0.3 is 9.88 Å². The van der Waals surface area contributed by atoms with E-state index in [0.717, 1.165) is 22.0 Å². The van der Waals surface area contributed by atoms with Crippen molar-refractivity contribution in [2.75, 3.05) is 18.4 Å². The van der Waals surface area contributed by atoms with Gasteiger partial charge in [0.05, 0.1) is 6.33 Å². The maximum atomic E-state index is 13.2. The number of hydrogen-bond acceptors (Lipinski definition) is 5. The minimum Gasteiger partial charge on any atom is -0.380 e. The van der Waals surface area contributed by atoms with Crippen LogP contribution in [0.15, 0.2) is 84.5 Å². The number of nitrogens with one attached hydrogen (secondary N) is 1. The van der Waals surface area contributed by atoms with E-state index in [1.54, 1.807) is 24.0 Å². The fourth-order valence-electron chi connectivity index (χ4n) is 4.19. The Balaban J connectivity index is 1.47. The highest BCUT2D eigenvalue weighted by atomic mass is 32.2. The molecule has 158 valence electrons. The summed E-state index contributed by atoms with van der Waals surface area (Å²) in [7, 11) is -1.90. The van der Waals surface area contributed by atoms with Crippen molar-refractivity contribution in [3.63, 3.8) is 0 Å². The summed E-state index contributed by atoms with van der Waals surface area (Å²) in [5.41, 5.74) is 2.06. The van der Waals surface area contributed by atoms with Gasteiger partial charge in [-0.25, -0.2) is 13.4 Å². The summed E-state index contributed by atoms with van der Waals surface area (Å²) in [4.78, 5) is 8.28. The van der Waals surface area contributed by atoms with E-state index in [1.807, 2.05) is 42.6 Å². The highest BCUT2D eigenvalue weighted by Crippen LogP contribution is 2.33. The SMILES string of the molecule is Cn1cnc(S(=O)(=O)N2CC(Nc3ccc4ccncc4c3)C(c3ccccc3)C2)c1. The number of fused-ring (bicyclic) bond motifs is 1. The van der Waals surface area contributed by atoms with Gasteiger partial charge in [0, 0.05) is 61.8 Å². The van der Waals surface area contributed by atoms with Gasteiger partial charge in [-0.2, -0.15) is 4.31 Å². The van der Waals surface area contributed by atoms with Gasteiger partial charge in [0.15, 0.2) is 5.03 Å². The molecule has 5 rings (SSSR count). The van der Waals surface area contributed by atoms with Gasteiger partial charge in [-0.15, -0.1) is 0 Å². The number of benzene rings is 2. The van der Waals surface area contributed by atoms with Crippen LogP contribution in [0.5, 0.6) is 0 Å². The molecule has 1 aliphatic rings. The Morgan fingerprint density at radius 2 is 1.87 bits per heavy atom. The van der Waals surface area contributed by atoms with Gasteiger partial charge in [-0.05, 0) is 29.1 Å². The molecule has 0 amide bonds. The third-order valence-corrected chi connectivity index (χ3v) is 7.51. The Morgan fingerprint density at radius 1 is 1.03 bits per heavy atom. The van der Waals surface area contributed by atoms with E-state index in [1.165, 1.54) is 10.6 Å². The van der Waals surface area contributed by atoms with Gasteiger partial charge in [0.1, 0.15) is 0 Å². The van der Waals surface area contributed by atoms with E-state index in [-0.39, 0.29) is 17.0 Å².